The van der Waals surface area contributed by atoms with Crippen LogP contribution in [0.5, 0.6) is 0 Å². The summed E-state index contributed by atoms with van der Waals surface area (Å²) in [5.74, 6) is 0.489. The van der Waals surface area contributed by atoms with Gasteiger partial charge in [0.25, 0.3) is 0 Å². The lowest BCUT2D eigenvalue weighted by Crippen LogP contribution is -2.43. The minimum Gasteiger partial charge on any atom is -0.390 e. The van der Waals surface area contributed by atoms with Crippen molar-refractivity contribution in [3.63, 3.8) is 0 Å². The number of rotatable bonds is 6. The molecule has 0 N–H and O–H groups in total. The van der Waals surface area contributed by atoms with E-state index in [0.29, 0.717) is 23.0 Å². The van der Waals surface area contributed by atoms with Crippen LogP contribution in [0.1, 0.15) is 44.6 Å². The van der Waals surface area contributed by atoms with Crippen LogP contribution in [0.3, 0.4) is 0 Å². The number of carbonyl (C=O) groups excluding carboxylic acids is 1. The number of amides is 1. The van der Waals surface area contributed by atoms with Crippen LogP contribution in [0, 0.1) is 5.92 Å². The Bertz CT molecular complexity index is 644. The molecule has 1 fully saturated rings. The monoisotopic (exact) mass is 368 g/mol. The van der Waals surface area contributed by atoms with E-state index in [1.165, 1.54) is 6.42 Å². The Morgan fingerprint density at radius 2 is 2.12 bits per heavy atom. The average molecular weight is 369 g/mol. The van der Waals surface area contributed by atoms with Crippen molar-refractivity contribution in [2.24, 2.45) is 11.1 Å². The standard InChI is InChI=1S/C18H22Cl2N2O2/c1-2-8-22(18(23)12-4-3-5-12)11-14-10-17(21-24-14)13-6-7-15(19)16(20)9-13/h6-7,9,12,14H,2-5,8,10-11H2,1H3/t14-/m0/s1. The van der Waals surface area contributed by atoms with Crippen LogP contribution in [0.4, 0.5) is 0 Å². The van der Waals surface area contributed by atoms with Crippen molar-refractivity contribution in [2.75, 3.05) is 13.1 Å². The summed E-state index contributed by atoms with van der Waals surface area (Å²) in [5, 5.41) is 5.22. The second-order valence-electron chi connectivity index (χ2n) is 6.51. The smallest absolute Gasteiger partial charge is 0.225 e. The molecule has 0 bridgehead atoms. The van der Waals surface area contributed by atoms with Crippen LogP contribution >= 0.6 is 23.2 Å². The van der Waals surface area contributed by atoms with Gasteiger partial charge in [-0.1, -0.05) is 47.8 Å². The third kappa shape index (κ3) is 3.86. The number of benzene rings is 1. The molecule has 0 saturated heterocycles. The molecule has 24 heavy (non-hydrogen) atoms. The second kappa shape index (κ2) is 7.75. The van der Waals surface area contributed by atoms with Crippen LogP contribution in [-0.4, -0.2) is 35.7 Å². The first kappa shape index (κ1) is 17.6. The van der Waals surface area contributed by atoms with Crippen LogP contribution < -0.4 is 0 Å². The number of oxime groups is 1. The van der Waals surface area contributed by atoms with Crippen molar-refractivity contribution in [1.82, 2.24) is 4.90 Å². The summed E-state index contributed by atoms with van der Waals surface area (Å²) >= 11 is 12.0. The third-order valence-electron chi connectivity index (χ3n) is 4.67. The summed E-state index contributed by atoms with van der Waals surface area (Å²) in [7, 11) is 0. The topological polar surface area (TPSA) is 41.9 Å². The fraction of sp³-hybridized carbons (Fsp3) is 0.556. The number of hydrogen-bond donors (Lipinski definition) is 0. The van der Waals surface area contributed by atoms with Gasteiger partial charge in [0, 0.05) is 24.4 Å². The van der Waals surface area contributed by atoms with E-state index < -0.39 is 0 Å². The molecular weight excluding hydrogens is 347 g/mol. The number of halogens is 2. The molecule has 1 aliphatic carbocycles. The lowest BCUT2D eigenvalue weighted by Gasteiger charge is -2.32. The van der Waals surface area contributed by atoms with Gasteiger partial charge in [0.15, 0.2) is 6.10 Å². The molecule has 130 valence electrons. The minimum absolute atomic E-state index is 0.0926. The predicted octanol–water partition coefficient (Wildman–Crippen LogP) is 4.53. The van der Waals surface area contributed by atoms with E-state index in [1.54, 1.807) is 12.1 Å². The summed E-state index contributed by atoms with van der Waals surface area (Å²) in [6.07, 6.45) is 4.75. The number of hydrogen-bond acceptors (Lipinski definition) is 3. The van der Waals surface area contributed by atoms with Crippen LogP contribution in [0.2, 0.25) is 10.0 Å². The molecule has 1 saturated carbocycles. The van der Waals surface area contributed by atoms with Crippen molar-refractivity contribution >= 4 is 34.8 Å². The molecule has 4 nitrogen and oxygen atoms in total. The molecule has 1 aliphatic heterocycles. The van der Waals surface area contributed by atoms with E-state index in [1.807, 2.05) is 11.0 Å². The van der Waals surface area contributed by atoms with Gasteiger partial charge in [0.1, 0.15) is 0 Å². The molecule has 0 spiro atoms. The fourth-order valence-corrected chi connectivity index (χ4v) is 3.39. The molecule has 3 rings (SSSR count). The first-order chi connectivity index (χ1) is 11.6. The highest BCUT2D eigenvalue weighted by Crippen LogP contribution is 2.29. The van der Waals surface area contributed by atoms with Crippen molar-refractivity contribution < 1.29 is 9.63 Å². The van der Waals surface area contributed by atoms with E-state index in [4.69, 9.17) is 28.0 Å². The predicted molar refractivity (Wildman–Crippen MR) is 96.7 cm³/mol. The molecule has 0 unspecified atom stereocenters. The summed E-state index contributed by atoms with van der Waals surface area (Å²) in [6.45, 7) is 3.46. The van der Waals surface area contributed by atoms with Crippen molar-refractivity contribution in [1.29, 1.82) is 0 Å². The van der Waals surface area contributed by atoms with Crippen LogP contribution in [0.15, 0.2) is 23.4 Å². The van der Waals surface area contributed by atoms with Crippen molar-refractivity contribution in [3.8, 4) is 0 Å². The molecule has 2 aliphatic rings. The molecule has 0 radical (unpaired) electrons. The van der Waals surface area contributed by atoms with Gasteiger partial charge >= 0.3 is 0 Å². The van der Waals surface area contributed by atoms with Crippen molar-refractivity contribution in [2.45, 2.75) is 45.1 Å². The Hall–Kier alpha value is -1.26. The summed E-state index contributed by atoms with van der Waals surface area (Å²) in [6, 6.07) is 5.46. The van der Waals surface area contributed by atoms with E-state index in [-0.39, 0.29) is 17.9 Å². The highest BCUT2D eigenvalue weighted by molar-refractivity contribution is 6.42. The molecule has 0 aromatic heterocycles. The quantitative estimate of drug-likeness (QED) is 0.740. The van der Waals surface area contributed by atoms with Gasteiger partial charge in [0.05, 0.1) is 22.3 Å². The second-order valence-corrected chi connectivity index (χ2v) is 7.32. The van der Waals surface area contributed by atoms with Gasteiger partial charge in [0.2, 0.25) is 5.91 Å². The third-order valence-corrected chi connectivity index (χ3v) is 5.41. The number of nitrogens with zero attached hydrogens (tertiary/aromatic N) is 2. The fourth-order valence-electron chi connectivity index (χ4n) is 3.09. The molecule has 1 aromatic carbocycles. The summed E-state index contributed by atoms with van der Waals surface area (Å²) in [5.41, 5.74) is 1.77. The van der Waals surface area contributed by atoms with Gasteiger partial charge < -0.3 is 9.74 Å². The van der Waals surface area contributed by atoms with E-state index in [0.717, 1.165) is 37.1 Å². The normalized spacial score (nSPS) is 20.3. The Balaban J connectivity index is 1.60. The van der Waals surface area contributed by atoms with Crippen molar-refractivity contribution in [3.05, 3.63) is 33.8 Å². The maximum absolute atomic E-state index is 12.5. The zero-order chi connectivity index (χ0) is 17.1. The Morgan fingerprint density at radius 3 is 2.75 bits per heavy atom. The molecule has 1 heterocycles. The Kier molecular flexibility index (Phi) is 5.67. The zero-order valence-corrected chi connectivity index (χ0v) is 15.3. The number of carbonyl (C=O) groups is 1. The zero-order valence-electron chi connectivity index (χ0n) is 13.8. The lowest BCUT2D eigenvalue weighted by molar-refractivity contribution is -0.140. The summed E-state index contributed by atoms with van der Waals surface area (Å²) in [4.78, 5) is 20.1. The maximum Gasteiger partial charge on any atom is 0.225 e. The van der Waals surface area contributed by atoms with E-state index in [2.05, 4.69) is 12.1 Å². The Labute approximate surface area is 152 Å². The molecule has 1 amide bonds. The van der Waals surface area contributed by atoms with Gasteiger partial charge in [-0.15, -0.1) is 0 Å². The van der Waals surface area contributed by atoms with E-state index >= 15 is 0 Å². The highest BCUT2D eigenvalue weighted by Gasteiger charge is 2.32. The van der Waals surface area contributed by atoms with Crippen LogP contribution in [-0.2, 0) is 9.63 Å². The SMILES string of the molecule is CCCN(C[C@@H]1CC(c2ccc(Cl)c(Cl)c2)=NO1)C(=O)C1CCC1. The minimum atomic E-state index is -0.0926. The maximum atomic E-state index is 12.5. The van der Waals surface area contributed by atoms with Gasteiger partial charge in [-0.3, -0.25) is 4.79 Å². The van der Waals surface area contributed by atoms with Gasteiger partial charge in [-0.2, -0.15) is 0 Å². The molecule has 1 aromatic rings. The summed E-state index contributed by atoms with van der Waals surface area (Å²) < 4.78 is 0. The first-order valence-corrected chi connectivity index (χ1v) is 9.31. The lowest BCUT2D eigenvalue weighted by atomic mass is 9.84. The van der Waals surface area contributed by atoms with E-state index in [9.17, 15) is 4.79 Å². The molecule has 6 heteroatoms. The van der Waals surface area contributed by atoms with Crippen LogP contribution in [0.25, 0.3) is 0 Å². The average Bonchev–Trinajstić information content (AvgIpc) is 2.96. The highest BCUT2D eigenvalue weighted by atomic mass is 35.5. The largest absolute Gasteiger partial charge is 0.390 e. The first-order valence-electron chi connectivity index (χ1n) is 8.55. The van der Waals surface area contributed by atoms with Gasteiger partial charge in [-0.25, -0.2) is 0 Å². The molecular formula is C18H22Cl2N2O2. The van der Waals surface area contributed by atoms with Gasteiger partial charge in [-0.05, 0) is 31.4 Å². The Morgan fingerprint density at radius 1 is 1.33 bits per heavy atom. The molecule has 1 atom stereocenters.